The summed E-state index contributed by atoms with van der Waals surface area (Å²) in [6.07, 6.45) is 1.59. The molecule has 0 aliphatic heterocycles. The molecular formula is C13H10Br2N2O2S. The number of carbonyl (C=O) groups excluding carboxylic acids is 1. The molecule has 0 spiro atoms. The Labute approximate surface area is 137 Å². The number of halogens is 2. The molecule has 1 aromatic carbocycles. The molecule has 1 aromatic heterocycles. The summed E-state index contributed by atoms with van der Waals surface area (Å²) in [7, 11) is 0. The van der Waals surface area contributed by atoms with Crippen molar-refractivity contribution in [3.63, 3.8) is 0 Å². The number of carbonyl (C=O) groups is 1. The molecule has 0 unspecified atom stereocenters. The van der Waals surface area contributed by atoms with Gasteiger partial charge < -0.3 is 4.74 Å². The van der Waals surface area contributed by atoms with Gasteiger partial charge in [-0.1, -0.05) is 15.9 Å². The van der Waals surface area contributed by atoms with Crippen LogP contribution in [-0.4, -0.2) is 18.7 Å². The Morgan fingerprint density at radius 1 is 1.40 bits per heavy atom. The van der Waals surface area contributed by atoms with Crippen LogP contribution in [-0.2, 0) is 4.79 Å². The Kier molecular flexibility index (Phi) is 5.75. The quantitative estimate of drug-likeness (QED) is 0.594. The van der Waals surface area contributed by atoms with Crippen molar-refractivity contribution in [2.45, 2.75) is 0 Å². The average Bonchev–Trinajstić information content (AvgIpc) is 2.91. The number of thiophene rings is 1. The molecule has 2 rings (SSSR count). The van der Waals surface area contributed by atoms with E-state index in [1.807, 2.05) is 29.0 Å². The molecule has 4 nitrogen and oxygen atoms in total. The van der Waals surface area contributed by atoms with Crippen LogP contribution in [0.25, 0.3) is 0 Å². The topological polar surface area (TPSA) is 50.7 Å². The molecule has 1 heterocycles. The maximum atomic E-state index is 11.6. The van der Waals surface area contributed by atoms with Gasteiger partial charge in [0.15, 0.2) is 6.61 Å². The first-order valence-electron chi connectivity index (χ1n) is 5.57. The smallest absolute Gasteiger partial charge is 0.277 e. The molecule has 0 radical (unpaired) electrons. The van der Waals surface area contributed by atoms with E-state index in [0.717, 1.165) is 14.5 Å². The molecular weight excluding hydrogens is 408 g/mol. The molecule has 2 aromatic rings. The fourth-order valence-electron chi connectivity index (χ4n) is 1.30. The van der Waals surface area contributed by atoms with Gasteiger partial charge in [-0.2, -0.15) is 16.4 Å². The van der Waals surface area contributed by atoms with Crippen LogP contribution < -0.4 is 10.2 Å². The SMILES string of the molecule is O=C(COc1ccc(Br)cc1Br)N/N=C/c1ccsc1. The number of rotatable bonds is 5. The van der Waals surface area contributed by atoms with E-state index >= 15 is 0 Å². The summed E-state index contributed by atoms with van der Waals surface area (Å²) >= 11 is 8.28. The minimum absolute atomic E-state index is 0.0960. The van der Waals surface area contributed by atoms with E-state index < -0.39 is 0 Å². The number of benzene rings is 1. The van der Waals surface area contributed by atoms with Crippen LogP contribution in [0.2, 0.25) is 0 Å². The first-order chi connectivity index (χ1) is 9.65. The van der Waals surface area contributed by atoms with E-state index in [1.54, 1.807) is 23.6 Å². The van der Waals surface area contributed by atoms with Gasteiger partial charge in [0.1, 0.15) is 5.75 Å². The van der Waals surface area contributed by atoms with Crippen molar-refractivity contribution in [1.29, 1.82) is 0 Å². The standard InChI is InChI=1S/C13H10Br2N2O2S/c14-10-1-2-12(11(15)5-10)19-7-13(18)17-16-6-9-3-4-20-8-9/h1-6,8H,7H2,(H,17,18)/b16-6+. The van der Waals surface area contributed by atoms with E-state index in [-0.39, 0.29) is 12.5 Å². The average molecular weight is 418 g/mol. The van der Waals surface area contributed by atoms with Gasteiger partial charge >= 0.3 is 0 Å². The van der Waals surface area contributed by atoms with Crippen molar-refractivity contribution < 1.29 is 9.53 Å². The lowest BCUT2D eigenvalue weighted by Gasteiger charge is -2.07. The Balaban J connectivity index is 1.80. The monoisotopic (exact) mass is 416 g/mol. The summed E-state index contributed by atoms with van der Waals surface area (Å²) in [4.78, 5) is 11.6. The van der Waals surface area contributed by atoms with Crippen LogP contribution in [0.3, 0.4) is 0 Å². The first-order valence-corrected chi connectivity index (χ1v) is 8.10. The lowest BCUT2D eigenvalue weighted by Crippen LogP contribution is -2.24. The van der Waals surface area contributed by atoms with E-state index in [2.05, 4.69) is 42.4 Å². The van der Waals surface area contributed by atoms with Crippen LogP contribution >= 0.6 is 43.2 Å². The molecule has 104 valence electrons. The van der Waals surface area contributed by atoms with E-state index in [9.17, 15) is 4.79 Å². The number of ether oxygens (including phenoxy) is 1. The minimum Gasteiger partial charge on any atom is -0.483 e. The van der Waals surface area contributed by atoms with Crippen molar-refractivity contribution in [3.8, 4) is 5.75 Å². The highest BCUT2D eigenvalue weighted by molar-refractivity contribution is 9.11. The number of amides is 1. The summed E-state index contributed by atoms with van der Waals surface area (Å²) in [5.41, 5.74) is 3.36. The Hall–Kier alpha value is -1.18. The van der Waals surface area contributed by atoms with Gasteiger partial charge in [-0.15, -0.1) is 0 Å². The zero-order valence-electron chi connectivity index (χ0n) is 10.2. The third-order valence-electron chi connectivity index (χ3n) is 2.20. The van der Waals surface area contributed by atoms with Crippen molar-refractivity contribution in [1.82, 2.24) is 5.43 Å². The highest BCUT2D eigenvalue weighted by Gasteiger charge is 2.05. The highest BCUT2D eigenvalue weighted by Crippen LogP contribution is 2.27. The van der Waals surface area contributed by atoms with Gasteiger partial charge in [-0.05, 0) is 51.0 Å². The number of nitrogens with one attached hydrogen (secondary N) is 1. The molecule has 0 aliphatic rings. The number of nitrogens with zero attached hydrogens (tertiary/aromatic N) is 1. The fourth-order valence-corrected chi connectivity index (χ4v) is 3.07. The highest BCUT2D eigenvalue weighted by atomic mass is 79.9. The van der Waals surface area contributed by atoms with Gasteiger partial charge in [0.2, 0.25) is 0 Å². The lowest BCUT2D eigenvalue weighted by molar-refractivity contribution is -0.123. The minimum atomic E-state index is -0.314. The molecule has 20 heavy (non-hydrogen) atoms. The van der Waals surface area contributed by atoms with Crippen LogP contribution in [0, 0.1) is 0 Å². The third-order valence-corrected chi connectivity index (χ3v) is 4.01. The normalized spacial score (nSPS) is 10.7. The maximum absolute atomic E-state index is 11.6. The zero-order valence-corrected chi connectivity index (χ0v) is 14.2. The summed E-state index contributed by atoms with van der Waals surface area (Å²) < 4.78 is 7.10. The van der Waals surface area contributed by atoms with E-state index in [0.29, 0.717) is 5.75 Å². The second-order valence-corrected chi connectivity index (χ2v) is 6.26. The van der Waals surface area contributed by atoms with Gasteiger partial charge in [-0.3, -0.25) is 4.79 Å². The Bertz CT molecular complexity index is 615. The number of hydrogen-bond acceptors (Lipinski definition) is 4. The van der Waals surface area contributed by atoms with Crippen molar-refractivity contribution >= 4 is 55.3 Å². The van der Waals surface area contributed by atoms with Crippen molar-refractivity contribution in [2.75, 3.05) is 6.61 Å². The summed E-state index contributed by atoms with van der Waals surface area (Å²) in [6.45, 7) is -0.0960. The molecule has 0 saturated heterocycles. The van der Waals surface area contributed by atoms with Crippen molar-refractivity contribution in [2.24, 2.45) is 5.10 Å². The molecule has 0 saturated carbocycles. The van der Waals surface area contributed by atoms with Crippen LogP contribution in [0.4, 0.5) is 0 Å². The number of hydrazone groups is 1. The Morgan fingerprint density at radius 3 is 2.95 bits per heavy atom. The maximum Gasteiger partial charge on any atom is 0.277 e. The fraction of sp³-hybridized carbons (Fsp3) is 0.0769. The number of hydrogen-bond donors (Lipinski definition) is 1. The van der Waals surface area contributed by atoms with Crippen molar-refractivity contribution in [3.05, 3.63) is 49.5 Å². The van der Waals surface area contributed by atoms with E-state index in [4.69, 9.17) is 4.74 Å². The first kappa shape index (κ1) is 15.2. The summed E-state index contributed by atoms with van der Waals surface area (Å²) in [5, 5.41) is 7.72. The van der Waals surface area contributed by atoms with Crippen LogP contribution in [0.15, 0.2) is 49.1 Å². The molecule has 0 fully saturated rings. The molecule has 0 aliphatic carbocycles. The second kappa shape index (κ2) is 7.56. The van der Waals surface area contributed by atoms with Gasteiger partial charge in [0.25, 0.3) is 5.91 Å². The van der Waals surface area contributed by atoms with Crippen LogP contribution in [0.1, 0.15) is 5.56 Å². The predicted molar refractivity (Wildman–Crippen MR) is 87.4 cm³/mol. The molecule has 0 bridgehead atoms. The lowest BCUT2D eigenvalue weighted by atomic mass is 10.3. The molecule has 0 atom stereocenters. The second-order valence-electron chi connectivity index (χ2n) is 3.71. The molecule has 7 heteroatoms. The van der Waals surface area contributed by atoms with E-state index in [1.165, 1.54) is 0 Å². The predicted octanol–water partition coefficient (Wildman–Crippen LogP) is 3.80. The largest absolute Gasteiger partial charge is 0.483 e. The van der Waals surface area contributed by atoms with Gasteiger partial charge in [0.05, 0.1) is 10.7 Å². The summed E-state index contributed by atoms with van der Waals surface area (Å²) in [5.74, 6) is 0.288. The summed E-state index contributed by atoms with van der Waals surface area (Å²) in [6, 6.07) is 7.38. The van der Waals surface area contributed by atoms with Crippen LogP contribution in [0.5, 0.6) is 5.75 Å². The van der Waals surface area contributed by atoms with Gasteiger partial charge in [-0.25, -0.2) is 5.43 Å². The zero-order chi connectivity index (χ0) is 14.4. The Morgan fingerprint density at radius 2 is 2.25 bits per heavy atom. The molecule has 1 N–H and O–H groups in total. The third kappa shape index (κ3) is 4.73. The van der Waals surface area contributed by atoms with Gasteiger partial charge in [0, 0.05) is 10.0 Å². The molecule has 1 amide bonds.